The molecule has 0 saturated carbocycles. The third-order valence-electron chi connectivity index (χ3n) is 3.10. The molecule has 1 atom stereocenters. The van der Waals surface area contributed by atoms with E-state index >= 15 is 0 Å². The summed E-state index contributed by atoms with van der Waals surface area (Å²) in [6.45, 7) is 2.23. The minimum Gasteiger partial charge on any atom is -0.483 e. The second kappa shape index (κ2) is 7.61. The van der Waals surface area contributed by atoms with E-state index in [2.05, 4.69) is 21.2 Å². The van der Waals surface area contributed by atoms with Crippen LogP contribution in [0.2, 0.25) is 0 Å². The minimum atomic E-state index is -0.480. The molecule has 3 N–H and O–H groups in total. The quantitative estimate of drug-likeness (QED) is 0.788. The van der Waals surface area contributed by atoms with Gasteiger partial charge in [0.2, 0.25) is 0 Å². The average molecular weight is 343 g/mol. The first-order chi connectivity index (χ1) is 9.65. The van der Waals surface area contributed by atoms with Crippen LogP contribution in [0.3, 0.4) is 0 Å². The average Bonchev–Trinajstić information content (AvgIpc) is 2.91. The van der Waals surface area contributed by atoms with Crippen LogP contribution in [0.25, 0.3) is 0 Å². The van der Waals surface area contributed by atoms with Gasteiger partial charge in [0.25, 0.3) is 5.91 Å². The van der Waals surface area contributed by atoms with E-state index in [0.717, 1.165) is 36.0 Å². The number of carbonyl (C=O) groups is 1. The molecule has 0 aliphatic carbocycles. The fraction of sp³-hybridized carbons (Fsp3) is 0.500. The van der Waals surface area contributed by atoms with Crippen molar-refractivity contribution >= 4 is 21.8 Å². The predicted molar refractivity (Wildman–Crippen MR) is 79.5 cm³/mol. The Kier molecular flexibility index (Phi) is 5.82. The maximum Gasteiger partial charge on any atom is 0.255 e. The number of hydrogen-bond acceptors (Lipinski definition) is 4. The second-order valence-corrected chi connectivity index (χ2v) is 5.69. The summed E-state index contributed by atoms with van der Waals surface area (Å²) >= 11 is 3.43. The van der Waals surface area contributed by atoms with Crippen LogP contribution in [0.15, 0.2) is 22.7 Å². The lowest BCUT2D eigenvalue weighted by Crippen LogP contribution is -2.26. The summed E-state index contributed by atoms with van der Waals surface area (Å²) in [6, 6.07) is 5.68. The van der Waals surface area contributed by atoms with Crippen molar-refractivity contribution in [2.45, 2.75) is 25.5 Å². The molecular formula is C14H19BrN2O3. The summed E-state index contributed by atoms with van der Waals surface area (Å²) in [4.78, 5) is 10.8. The molecule has 0 unspecified atom stereocenters. The fourth-order valence-electron chi connectivity index (χ4n) is 2.15. The highest BCUT2D eigenvalue weighted by atomic mass is 79.9. The zero-order valence-electron chi connectivity index (χ0n) is 11.2. The highest BCUT2D eigenvalue weighted by molar-refractivity contribution is 9.10. The summed E-state index contributed by atoms with van der Waals surface area (Å²) in [5.41, 5.74) is 6.08. The second-order valence-electron chi connectivity index (χ2n) is 4.77. The first-order valence-electron chi connectivity index (χ1n) is 6.67. The summed E-state index contributed by atoms with van der Waals surface area (Å²) in [6.07, 6.45) is 2.55. The van der Waals surface area contributed by atoms with Gasteiger partial charge in [-0.25, -0.2) is 0 Å². The number of ether oxygens (including phenoxy) is 2. The van der Waals surface area contributed by atoms with Crippen molar-refractivity contribution in [3.8, 4) is 5.75 Å². The first-order valence-corrected chi connectivity index (χ1v) is 7.46. The van der Waals surface area contributed by atoms with Crippen molar-refractivity contribution in [2.24, 2.45) is 5.73 Å². The van der Waals surface area contributed by atoms with E-state index in [0.29, 0.717) is 18.4 Å². The summed E-state index contributed by atoms with van der Waals surface area (Å²) in [5.74, 6) is 0.193. The molecule has 6 heteroatoms. The van der Waals surface area contributed by atoms with Gasteiger partial charge in [0, 0.05) is 29.7 Å². The van der Waals surface area contributed by atoms with Crippen LogP contribution < -0.4 is 15.8 Å². The van der Waals surface area contributed by atoms with E-state index in [9.17, 15) is 4.79 Å². The molecule has 1 aromatic carbocycles. The zero-order chi connectivity index (χ0) is 14.4. The van der Waals surface area contributed by atoms with E-state index < -0.39 is 5.91 Å². The van der Waals surface area contributed by atoms with Crippen LogP contribution in [0.4, 0.5) is 0 Å². The van der Waals surface area contributed by atoms with Crippen molar-refractivity contribution in [1.82, 2.24) is 5.32 Å². The topological polar surface area (TPSA) is 73.6 Å². The molecule has 0 aromatic heterocycles. The van der Waals surface area contributed by atoms with Crippen LogP contribution in [-0.4, -0.2) is 31.8 Å². The van der Waals surface area contributed by atoms with Gasteiger partial charge in [-0.15, -0.1) is 0 Å². The summed E-state index contributed by atoms with van der Waals surface area (Å²) in [7, 11) is 0. The molecule has 1 aliphatic heterocycles. The van der Waals surface area contributed by atoms with E-state index in [-0.39, 0.29) is 6.61 Å². The Labute approximate surface area is 126 Å². The monoisotopic (exact) mass is 342 g/mol. The van der Waals surface area contributed by atoms with Crippen molar-refractivity contribution in [1.29, 1.82) is 0 Å². The maximum atomic E-state index is 10.8. The molecule has 1 aliphatic rings. The number of halogens is 1. The summed E-state index contributed by atoms with van der Waals surface area (Å²) in [5, 5.41) is 3.36. The highest BCUT2D eigenvalue weighted by Crippen LogP contribution is 2.23. The van der Waals surface area contributed by atoms with E-state index in [1.54, 1.807) is 0 Å². The first kappa shape index (κ1) is 15.3. The van der Waals surface area contributed by atoms with E-state index in [4.69, 9.17) is 15.2 Å². The minimum absolute atomic E-state index is 0.111. The SMILES string of the molecule is NC(=O)COc1ccc(Br)cc1CNC[C@@H]1CCCO1. The molecule has 5 nitrogen and oxygen atoms in total. The maximum absolute atomic E-state index is 10.8. The number of amides is 1. The molecular weight excluding hydrogens is 324 g/mol. The molecule has 1 saturated heterocycles. The smallest absolute Gasteiger partial charge is 0.255 e. The molecule has 1 fully saturated rings. The van der Waals surface area contributed by atoms with Crippen LogP contribution in [0, 0.1) is 0 Å². The van der Waals surface area contributed by atoms with Crippen LogP contribution in [-0.2, 0) is 16.1 Å². The van der Waals surface area contributed by atoms with Gasteiger partial charge in [0.05, 0.1) is 6.10 Å². The molecule has 1 amide bonds. The largest absolute Gasteiger partial charge is 0.483 e. The number of primary amides is 1. The van der Waals surface area contributed by atoms with Crippen molar-refractivity contribution < 1.29 is 14.3 Å². The van der Waals surface area contributed by atoms with Gasteiger partial charge in [-0.05, 0) is 31.0 Å². The van der Waals surface area contributed by atoms with Gasteiger partial charge in [0.1, 0.15) is 5.75 Å². The molecule has 20 heavy (non-hydrogen) atoms. The van der Waals surface area contributed by atoms with Gasteiger partial charge in [-0.3, -0.25) is 4.79 Å². The molecule has 0 radical (unpaired) electrons. The lowest BCUT2D eigenvalue weighted by molar-refractivity contribution is -0.119. The highest BCUT2D eigenvalue weighted by Gasteiger charge is 2.15. The normalized spacial score (nSPS) is 18.1. The molecule has 1 heterocycles. The Hall–Kier alpha value is -1.11. The fourth-order valence-corrected chi connectivity index (χ4v) is 2.56. The van der Waals surface area contributed by atoms with Crippen molar-refractivity contribution in [3.05, 3.63) is 28.2 Å². The lowest BCUT2D eigenvalue weighted by atomic mass is 10.2. The van der Waals surface area contributed by atoms with Gasteiger partial charge in [-0.2, -0.15) is 0 Å². The van der Waals surface area contributed by atoms with Crippen LogP contribution in [0.1, 0.15) is 18.4 Å². The van der Waals surface area contributed by atoms with Crippen LogP contribution in [0.5, 0.6) is 5.75 Å². The predicted octanol–water partition coefficient (Wildman–Crippen LogP) is 1.58. The Morgan fingerprint density at radius 3 is 3.10 bits per heavy atom. The number of benzene rings is 1. The summed E-state index contributed by atoms with van der Waals surface area (Å²) < 4.78 is 11.9. The number of hydrogen-bond donors (Lipinski definition) is 2. The van der Waals surface area contributed by atoms with Crippen LogP contribution >= 0.6 is 15.9 Å². The third-order valence-corrected chi connectivity index (χ3v) is 3.60. The number of nitrogens with one attached hydrogen (secondary N) is 1. The van der Waals surface area contributed by atoms with E-state index in [1.807, 2.05) is 18.2 Å². The molecule has 2 rings (SSSR count). The standard InChI is InChI=1S/C14H19BrN2O3/c15-11-3-4-13(20-9-14(16)18)10(6-11)7-17-8-12-2-1-5-19-12/h3-4,6,12,17H,1-2,5,7-9H2,(H2,16,18)/t12-/m0/s1. The molecule has 110 valence electrons. The lowest BCUT2D eigenvalue weighted by Gasteiger charge is -2.14. The Morgan fingerprint density at radius 1 is 1.55 bits per heavy atom. The van der Waals surface area contributed by atoms with Gasteiger partial charge >= 0.3 is 0 Å². The Morgan fingerprint density at radius 2 is 2.40 bits per heavy atom. The van der Waals surface area contributed by atoms with Gasteiger partial charge in [-0.1, -0.05) is 15.9 Å². The van der Waals surface area contributed by atoms with Crippen molar-refractivity contribution in [3.63, 3.8) is 0 Å². The van der Waals surface area contributed by atoms with Crippen molar-refractivity contribution in [2.75, 3.05) is 19.8 Å². The van der Waals surface area contributed by atoms with E-state index in [1.165, 1.54) is 0 Å². The Balaban J connectivity index is 1.90. The third kappa shape index (κ3) is 4.77. The molecule has 0 bridgehead atoms. The Bertz CT molecular complexity index is 462. The molecule has 1 aromatic rings. The zero-order valence-corrected chi connectivity index (χ0v) is 12.8. The van der Waals surface area contributed by atoms with Gasteiger partial charge in [0.15, 0.2) is 6.61 Å². The molecule has 0 spiro atoms. The number of carbonyl (C=O) groups excluding carboxylic acids is 1. The number of rotatable bonds is 7. The number of nitrogens with two attached hydrogens (primary N) is 1. The van der Waals surface area contributed by atoms with Gasteiger partial charge < -0.3 is 20.5 Å².